The molecular formula is C16H15NO4. The molecule has 0 fully saturated rings. The molecule has 1 aliphatic carbocycles. The highest BCUT2D eigenvalue weighted by Crippen LogP contribution is 2.17. The normalized spacial score (nSPS) is 18.8. The number of carbonyl (C=O) groups is 2. The van der Waals surface area contributed by atoms with Crippen molar-refractivity contribution in [1.29, 1.82) is 0 Å². The van der Waals surface area contributed by atoms with Crippen molar-refractivity contribution >= 4 is 11.8 Å². The fourth-order valence-electron chi connectivity index (χ4n) is 2.04. The van der Waals surface area contributed by atoms with Crippen molar-refractivity contribution in [3.05, 3.63) is 65.9 Å². The molecule has 0 amide bonds. The molecule has 1 atom stereocenters. The van der Waals surface area contributed by atoms with Gasteiger partial charge in [-0.05, 0) is 42.5 Å². The maximum Gasteiger partial charge on any atom is 0.339 e. The molecule has 3 N–H and O–H groups in total. The summed E-state index contributed by atoms with van der Waals surface area (Å²) in [7, 11) is 0. The van der Waals surface area contributed by atoms with E-state index < -0.39 is 5.97 Å². The van der Waals surface area contributed by atoms with Gasteiger partial charge in [-0.3, -0.25) is 4.79 Å². The second-order valence-corrected chi connectivity index (χ2v) is 4.53. The first-order valence-electron chi connectivity index (χ1n) is 6.43. The van der Waals surface area contributed by atoms with E-state index >= 15 is 0 Å². The number of hydrogen-bond acceptors (Lipinski definition) is 4. The minimum Gasteiger partial charge on any atom is -0.507 e. The maximum absolute atomic E-state index is 11.2. The number of aromatic carboxylic acids is 1. The van der Waals surface area contributed by atoms with E-state index in [2.05, 4.69) is 5.32 Å². The van der Waals surface area contributed by atoms with E-state index in [9.17, 15) is 9.59 Å². The van der Waals surface area contributed by atoms with E-state index in [-0.39, 0.29) is 23.1 Å². The van der Waals surface area contributed by atoms with E-state index in [4.69, 9.17) is 10.2 Å². The number of carboxylic acids is 1. The molecular weight excluding hydrogens is 270 g/mol. The van der Waals surface area contributed by atoms with Gasteiger partial charge in [0.15, 0.2) is 5.78 Å². The quantitative estimate of drug-likeness (QED) is 0.735. The fraction of sp³-hybridized carbons (Fsp3) is 0.125. The van der Waals surface area contributed by atoms with E-state index in [1.165, 1.54) is 17.7 Å². The zero-order chi connectivity index (χ0) is 15.2. The van der Waals surface area contributed by atoms with Crippen molar-refractivity contribution in [2.75, 3.05) is 0 Å². The molecule has 1 heterocycles. The summed E-state index contributed by atoms with van der Waals surface area (Å²) in [6, 6.07) is 5.73. The van der Waals surface area contributed by atoms with E-state index in [0.29, 0.717) is 0 Å². The van der Waals surface area contributed by atoms with Gasteiger partial charge in [0.1, 0.15) is 17.4 Å². The highest BCUT2D eigenvalue weighted by molar-refractivity contribution is 5.98. The number of nitrogens with one attached hydrogen (secondary N) is 1. The predicted molar refractivity (Wildman–Crippen MR) is 78.0 cm³/mol. The zero-order valence-electron chi connectivity index (χ0n) is 11.2. The largest absolute Gasteiger partial charge is 0.507 e. The third-order valence-corrected chi connectivity index (χ3v) is 3.09. The number of ketones is 1. The van der Waals surface area contributed by atoms with Crippen molar-refractivity contribution in [1.82, 2.24) is 5.32 Å². The number of rotatable bonds is 1. The number of allylic oxidation sites excluding steroid dienone is 3. The lowest BCUT2D eigenvalue weighted by molar-refractivity contribution is -0.115. The van der Waals surface area contributed by atoms with Crippen LogP contribution in [0.4, 0.5) is 0 Å². The number of para-hydroxylation sites is 1. The smallest absolute Gasteiger partial charge is 0.339 e. The molecule has 2 aliphatic rings. The summed E-state index contributed by atoms with van der Waals surface area (Å²) in [5.41, 5.74) is 1.10. The molecule has 0 saturated heterocycles. The highest BCUT2D eigenvalue weighted by Gasteiger charge is 2.22. The average Bonchev–Trinajstić information content (AvgIpc) is 2.49. The topological polar surface area (TPSA) is 86.6 Å². The Bertz CT molecular complexity index is 643. The number of phenols is 1. The molecule has 5 nitrogen and oxygen atoms in total. The van der Waals surface area contributed by atoms with Crippen LogP contribution in [0.15, 0.2) is 60.3 Å². The van der Waals surface area contributed by atoms with Gasteiger partial charge in [-0.15, -0.1) is 0 Å². The van der Waals surface area contributed by atoms with Crippen LogP contribution in [0, 0.1) is 0 Å². The second kappa shape index (κ2) is 6.56. The predicted octanol–water partition coefficient (Wildman–Crippen LogP) is 2.02. The Balaban J connectivity index is 0.000000155. The number of benzene rings is 1. The first kappa shape index (κ1) is 14.6. The number of fused-ring (bicyclic) bond motifs is 1. The summed E-state index contributed by atoms with van der Waals surface area (Å²) in [4.78, 5) is 21.5. The third kappa shape index (κ3) is 3.60. The first-order valence-corrected chi connectivity index (χ1v) is 6.43. The SMILES string of the molecule is O=C(O)c1ccccc1O.O=C1C=CCC2=CC=CNC12. The molecule has 0 spiro atoms. The molecule has 21 heavy (non-hydrogen) atoms. The van der Waals surface area contributed by atoms with Crippen molar-refractivity contribution in [3.63, 3.8) is 0 Å². The van der Waals surface area contributed by atoms with Crippen LogP contribution in [-0.4, -0.2) is 28.0 Å². The second-order valence-electron chi connectivity index (χ2n) is 4.53. The van der Waals surface area contributed by atoms with Gasteiger partial charge in [-0.25, -0.2) is 4.79 Å². The molecule has 0 aromatic heterocycles. The van der Waals surface area contributed by atoms with Gasteiger partial charge in [-0.2, -0.15) is 0 Å². The zero-order valence-corrected chi connectivity index (χ0v) is 11.2. The minimum atomic E-state index is -1.11. The van der Waals surface area contributed by atoms with Crippen LogP contribution < -0.4 is 5.32 Å². The van der Waals surface area contributed by atoms with E-state index in [0.717, 1.165) is 6.42 Å². The van der Waals surface area contributed by atoms with Crippen LogP contribution >= 0.6 is 0 Å². The molecule has 0 radical (unpaired) electrons. The lowest BCUT2D eigenvalue weighted by Crippen LogP contribution is -2.37. The standard InChI is InChI=1S/C9H9NO.C7H6O3/c11-8-5-1-3-7-4-2-6-10-9(7)8;8-6-4-2-1-3-5(6)7(9)10/h1-2,4-6,9-10H,3H2;1-4,8H,(H,9,10). The average molecular weight is 285 g/mol. The molecule has 3 rings (SSSR count). The molecule has 108 valence electrons. The maximum atomic E-state index is 11.2. The number of hydrogen-bond donors (Lipinski definition) is 3. The Morgan fingerprint density at radius 1 is 1.29 bits per heavy atom. The number of dihydropyridines is 1. The van der Waals surface area contributed by atoms with E-state index in [1.54, 1.807) is 18.2 Å². The Morgan fingerprint density at radius 2 is 2.05 bits per heavy atom. The van der Waals surface area contributed by atoms with Crippen molar-refractivity contribution in [3.8, 4) is 5.75 Å². The van der Waals surface area contributed by atoms with Crippen molar-refractivity contribution in [2.24, 2.45) is 0 Å². The first-order chi connectivity index (χ1) is 10.1. The third-order valence-electron chi connectivity index (χ3n) is 3.09. The van der Waals surface area contributed by atoms with Crippen LogP contribution in [0.1, 0.15) is 16.8 Å². The summed E-state index contributed by atoms with van der Waals surface area (Å²) in [6.07, 6.45) is 10.2. The Hall–Kier alpha value is -2.82. The summed E-state index contributed by atoms with van der Waals surface area (Å²) in [6.45, 7) is 0. The molecule has 5 heteroatoms. The van der Waals surface area contributed by atoms with Crippen LogP contribution in [0.2, 0.25) is 0 Å². The Kier molecular flexibility index (Phi) is 4.56. The van der Waals surface area contributed by atoms with Gasteiger partial charge in [0.2, 0.25) is 0 Å². The molecule has 1 unspecified atom stereocenters. The molecule has 0 bridgehead atoms. The van der Waals surface area contributed by atoms with Crippen LogP contribution in [-0.2, 0) is 4.79 Å². The Labute approximate surface area is 121 Å². The summed E-state index contributed by atoms with van der Waals surface area (Å²) in [5, 5.41) is 20.3. The van der Waals surface area contributed by atoms with Gasteiger partial charge in [0, 0.05) is 0 Å². The van der Waals surface area contributed by atoms with Gasteiger partial charge in [0.25, 0.3) is 0 Å². The summed E-state index contributed by atoms with van der Waals surface area (Å²) < 4.78 is 0. The summed E-state index contributed by atoms with van der Waals surface area (Å²) in [5.74, 6) is -1.15. The monoisotopic (exact) mass is 285 g/mol. The molecule has 1 aromatic rings. The highest BCUT2D eigenvalue weighted by atomic mass is 16.4. The van der Waals surface area contributed by atoms with Crippen molar-refractivity contribution in [2.45, 2.75) is 12.5 Å². The minimum absolute atomic E-state index is 0.0671. The van der Waals surface area contributed by atoms with Crippen LogP contribution in [0.3, 0.4) is 0 Å². The van der Waals surface area contributed by atoms with Crippen LogP contribution in [0.25, 0.3) is 0 Å². The van der Waals surface area contributed by atoms with E-state index in [1.807, 2.05) is 24.4 Å². The molecule has 0 saturated carbocycles. The lowest BCUT2D eigenvalue weighted by atomic mass is 9.93. The number of carboxylic acid groups (broad SMARTS) is 1. The van der Waals surface area contributed by atoms with Gasteiger partial charge in [-0.1, -0.05) is 24.3 Å². The van der Waals surface area contributed by atoms with Crippen LogP contribution in [0.5, 0.6) is 5.75 Å². The lowest BCUT2D eigenvalue weighted by Gasteiger charge is -2.22. The Morgan fingerprint density at radius 3 is 2.67 bits per heavy atom. The number of carbonyl (C=O) groups excluding carboxylic acids is 1. The fourth-order valence-corrected chi connectivity index (χ4v) is 2.04. The van der Waals surface area contributed by atoms with Crippen molar-refractivity contribution < 1.29 is 19.8 Å². The van der Waals surface area contributed by atoms with Gasteiger partial charge < -0.3 is 15.5 Å². The van der Waals surface area contributed by atoms with Gasteiger partial charge >= 0.3 is 5.97 Å². The molecule has 1 aliphatic heterocycles. The summed E-state index contributed by atoms with van der Waals surface area (Å²) >= 11 is 0. The molecule has 1 aromatic carbocycles. The van der Waals surface area contributed by atoms with Gasteiger partial charge in [0.05, 0.1) is 0 Å². The number of aromatic hydroxyl groups is 1.